The Morgan fingerprint density at radius 2 is 1.94 bits per heavy atom. The average Bonchev–Trinajstić information content (AvgIpc) is 3.26. The SMILES string of the molecule is CNC[C@H](O)[C@@H](O)[C@H](OC(=O)c1cc2c(=O)[nH]c(Cc3cccc(C(F)(F)F)c3)nc2s1)[C@H](O)CO. The summed E-state index contributed by atoms with van der Waals surface area (Å²) in [5.74, 6) is -0.974. The Labute approximate surface area is 206 Å². The summed E-state index contributed by atoms with van der Waals surface area (Å²) in [7, 11) is 1.50. The fourth-order valence-electron chi connectivity index (χ4n) is 3.42. The van der Waals surface area contributed by atoms with Crippen molar-refractivity contribution >= 4 is 27.5 Å². The Bertz CT molecular complexity index is 1260. The molecule has 3 aromatic rings. The number of aromatic amines is 1. The first-order chi connectivity index (χ1) is 16.9. The highest BCUT2D eigenvalue weighted by Crippen LogP contribution is 2.30. The highest BCUT2D eigenvalue weighted by molar-refractivity contribution is 7.20. The van der Waals surface area contributed by atoms with Gasteiger partial charge in [0.2, 0.25) is 0 Å². The molecule has 2 heterocycles. The Hall–Kier alpha value is -2.88. The second-order valence-electron chi connectivity index (χ2n) is 7.95. The van der Waals surface area contributed by atoms with Gasteiger partial charge in [0.25, 0.3) is 5.56 Å². The maximum Gasteiger partial charge on any atom is 0.416 e. The Kier molecular flexibility index (Phi) is 8.81. The molecule has 196 valence electrons. The minimum absolute atomic E-state index is 0.0229. The summed E-state index contributed by atoms with van der Waals surface area (Å²) in [6.07, 6.45) is -11.2. The molecule has 0 aliphatic rings. The predicted molar refractivity (Wildman–Crippen MR) is 123 cm³/mol. The summed E-state index contributed by atoms with van der Waals surface area (Å²) in [5, 5.41) is 42.1. The first-order valence-electron chi connectivity index (χ1n) is 10.6. The van der Waals surface area contributed by atoms with Crippen LogP contribution in [0.15, 0.2) is 35.1 Å². The van der Waals surface area contributed by atoms with Crippen molar-refractivity contribution in [3.05, 3.63) is 62.5 Å². The number of thiophene rings is 1. The molecule has 0 bridgehead atoms. The van der Waals surface area contributed by atoms with Crippen LogP contribution >= 0.6 is 11.3 Å². The Morgan fingerprint density at radius 1 is 1.22 bits per heavy atom. The minimum Gasteiger partial charge on any atom is -0.452 e. The van der Waals surface area contributed by atoms with Gasteiger partial charge in [0, 0.05) is 13.0 Å². The number of hydrogen-bond acceptors (Lipinski definition) is 10. The number of rotatable bonds is 10. The number of carbonyl (C=O) groups excluding carboxylic acids is 1. The van der Waals surface area contributed by atoms with Crippen molar-refractivity contribution in [3.63, 3.8) is 0 Å². The monoisotopic (exact) mass is 531 g/mol. The molecule has 3 rings (SSSR count). The van der Waals surface area contributed by atoms with Crippen molar-refractivity contribution in [1.82, 2.24) is 15.3 Å². The number of carbonyl (C=O) groups is 1. The molecule has 6 N–H and O–H groups in total. The summed E-state index contributed by atoms with van der Waals surface area (Å²) in [5.41, 5.74) is -1.21. The van der Waals surface area contributed by atoms with Gasteiger partial charge in [-0.05, 0) is 24.7 Å². The van der Waals surface area contributed by atoms with Crippen molar-refractivity contribution in [1.29, 1.82) is 0 Å². The number of nitrogens with zero attached hydrogens (tertiary/aromatic N) is 1. The molecule has 10 nitrogen and oxygen atoms in total. The van der Waals surface area contributed by atoms with Crippen molar-refractivity contribution in [2.75, 3.05) is 20.2 Å². The number of halogens is 3. The number of fused-ring (bicyclic) bond motifs is 1. The second-order valence-corrected chi connectivity index (χ2v) is 8.98. The Balaban J connectivity index is 1.85. The van der Waals surface area contributed by atoms with Gasteiger partial charge in [0.1, 0.15) is 27.7 Å². The number of H-pyrrole nitrogens is 1. The summed E-state index contributed by atoms with van der Waals surface area (Å²) in [6, 6.07) is 5.75. The van der Waals surface area contributed by atoms with Gasteiger partial charge in [0.05, 0.1) is 23.7 Å². The van der Waals surface area contributed by atoms with Gasteiger partial charge in [-0.2, -0.15) is 13.2 Å². The number of aliphatic hydroxyl groups is 4. The van der Waals surface area contributed by atoms with Gasteiger partial charge < -0.3 is 35.5 Å². The summed E-state index contributed by atoms with van der Waals surface area (Å²) in [6.45, 7) is -0.960. The van der Waals surface area contributed by atoms with Gasteiger partial charge in [-0.1, -0.05) is 18.2 Å². The van der Waals surface area contributed by atoms with Crippen molar-refractivity contribution in [2.24, 2.45) is 0 Å². The van der Waals surface area contributed by atoms with Crippen LogP contribution < -0.4 is 10.9 Å². The number of nitrogens with one attached hydrogen (secondary N) is 2. The molecule has 4 atom stereocenters. The van der Waals surface area contributed by atoms with E-state index in [-0.39, 0.29) is 39.4 Å². The first-order valence-corrected chi connectivity index (χ1v) is 11.5. The number of aromatic nitrogens is 2. The zero-order valence-corrected chi connectivity index (χ0v) is 19.6. The fraction of sp³-hybridized carbons (Fsp3) is 0.409. The van der Waals surface area contributed by atoms with Crippen molar-refractivity contribution in [3.8, 4) is 0 Å². The van der Waals surface area contributed by atoms with Crippen LogP contribution in [-0.4, -0.2) is 81.0 Å². The molecule has 0 aliphatic heterocycles. The van der Waals surface area contributed by atoms with E-state index < -0.39 is 54.3 Å². The third-order valence-electron chi connectivity index (χ3n) is 5.23. The molecular formula is C22H24F3N3O7S. The molecule has 2 aromatic heterocycles. The third kappa shape index (κ3) is 6.46. The average molecular weight is 532 g/mol. The predicted octanol–water partition coefficient (Wildman–Crippen LogP) is 0.414. The molecule has 0 amide bonds. The topological polar surface area (TPSA) is 165 Å². The standard InChI is InChI=1S/C22H24F3N3O7S/c1-26-8-13(30)17(32)18(14(31)9-29)35-21(34)15-7-12-19(33)27-16(28-20(12)36-15)6-10-3-2-4-11(5-10)22(23,24)25/h2-5,7,13-14,17-18,26,29-32H,6,8-9H2,1H3,(H,27,28,33)/t13-,14+,17+,18+/m0/s1. The van der Waals surface area contributed by atoms with E-state index in [1.54, 1.807) is 0 Å². The van der Waals surface area contributed by atoms with Gasteiger partial charge >= 0.3 is 12.1 Å². The van der Waals surface area contributed by atoms with E-state index >= 15 is 0 Å². The van der Waals surface area contributed by atoms with E-state index in [0.717, 1.165) is 23.5 Å². The van der Waals surface area contributed by atoms with Crippen LogP contribution in [0.5, 0.6) is 0 Å². The van der Waals surface area contributed by atoms with E-state index in [9.17, 15) is 43.2 Å². The lowest BCUT2D eigenvalue weighted by Gasteiger charge is -2.29. The normalized spacial score (nSPS) is 15.4. The van der Waals surface area contributed by atoms with E-state index in [0.29, 0.717) is 0 Å². The van der Waals surface area contributed by atoms with E-state index in [2.05, 4.69) is 15.3 Å². The minimum atomic E-state index is -4.53. The number of alkyl halides is 3. The number of aliphatic hydroxyl groups excluding tert-OH is 4. The van der Waals surface area contributed by atoms with E-state index in [4.69, 9.17) is 4.74 Å². The molecular weight excluding hydrogens is 507 g/mol. The largest absolute Gasteiger partial charge is 0.452 e. The number of hydrogen-bond donors (Lipinski definition) is 6. The maximum absolute atomic E-state index is 13.0. The van der Waals surface area contributed by atoms with Gasteiger partial charge in [0.15, 0.2) is 6.10 Å². The maximum atomic E-state index is 13.0. The number of likely N-dealkylation sites (N-methyl/N-ethyl adjacent to an activating group) is 1. The van der Waals surface area contributed by atoms with Crippen LogP contribution in [0.3, 0.4) is 0 Å². The highest BCUT2D eigenvalue weighted by Gasteiger charge is 2.35. The quantitative estimate of drug-likeness (QED) is 0.203. The molecule has 14 heteroatoms. The zero-order chi connectivity index (χ0) is 26.6. The lowest BCUT2D eigenvalue weighted by Crippen LogP contribution is -2.50. The van der Waals surface area contributed by atoms with Crippen molar-refractivity contribution < 1.29 is 43.1 Å². The van der Waals surface area contributed by atoms with Crippen molar-refractivity contribution in [2.45, 2.75) is 37.0 Å². The smallest absolute Gasteiger partial charge is 0.416 e. The lowest BCUT2D eigenvalue weighted by atomic mass is 10.0. The van der Waals surface area contributed by atoms with Crippen LogP contribution in [0, 0.1) is 0 Å². The molecule has 0 saturated carbocycles. The fourth-order valence-corrected chi connectivity index (χ4v) is 4.36. The molecule has 0 spiro atoms. The first kappa shape index (κ1) is 27.7. The number of ether oxygens (including phenoxy) is 1. The number of benzene rings is 1. The van der Waals surface area contributed by atoms with Gasteiger partial charge in [-0.25, -0.2) is 9.78 Å². The van der Waals surface area contributed by atoms with E-state index in [1.165, 1.54) is 25.2 Å². The molecule has 0 aliphatic carbocycles. The van der Waals surface area contributed by atoms with Crippen LogP contribution in [0.25, 0.3) is 10.2 Å². The molecule has 0 unspecified atom stereocenters. The summed E-state index contributed by atoms with van der Waals surface area (Å²) >= 11 is 0.757. The summed E-state index contributed by atoms with van der Waals surface area (Å²) in [4.78, 5) is 31.9. The van der Waals surface area contributed by atoms with Crippen LogP contribution in [0.1, 0.15) is 26.6 Å². The van der Waals surface area contributed by atoms with Gasteiger partial charge in [-0.3, -0.25) is 4.79 Å². The molecule has 1 aromatic carbocycles. The molecule has 0 fully saturated rings. The van der Waals surface area contributed by atoms with Crippen LogP contribution in [0.2, 0.25) is 0 Å². The lowest BCUT2D eigenvalue weighted by molar-refractivity contribution is -0.137. The number of esters is 1. The van der Waals surface area contributed by atoms with Gasteiger partial charge in [-0.15, -0.1) is 11.3 Å². The third-order valence-corrected chi connectivity index (χ3v) is 6.24. The highest BCUT2D eigenvalue weighted by atomic mass is 32.1. The van der Waals surface area contributed by atoms with Crippen LogP contribution in [-0.2, 0) is 17.3 Å². The molecule has 36 heavy (non-hydrogen) atoms. The molecule has 0 radical (unpaired) electrons. The zero-order valence-electron chi connectivity index (χ0n) is 18.8. The summed E-state index contributed by atoms with van der Waals surface area (Å²) < 4.78 is 44.1. The second kappa shape index (κ2) is 11.5. The van der Waals surface area contributed by atoms with Crippen LogP contribution in [0.4, 0.5) is 13.2 Å². The Morgan fingerprint density at radius 3 is 2.58 bits per heavy atom. The van der Waals surface area contributed by atoms with E-state index in [1.807, 2.05) is 0 Å². The molecule has 0 saturated heterocycles.